The fraction of sp³-hybridized carbons (Fsp3) is 0.529. The summed E-state index contributed by atoms with van der Waals surface area (Å²) < 4.78 is 32.5. The summed E-state index contributed by atoms with van der Waals surface area (Å²) in [5.74, 6) is -0.0991. The van der Waals surface area contributed by atoms with E-state index in [2.05, 4.69) is 4.72 Å². The molecule has 1 aliphatic rings. The van der Waals surface area contributed by atoms with E-state index >= 15 is 0 Å². The molecule has 1 aliphatic heterocycles. The summed E-state index contributed by atoms with van der Waals surface area (Å²) >= 11 is 0. The molecule has 1 saturated heterocycles. The molecule has 10 heteroatoms. The molecule has 1 atom stereocenters. The number of rotatable bonds is 9. The largest absolute Gasteiger partial charge is 0.444 e. The Morgan fingerprint density at radius 2 is 1.85 bits per heavy atom. The van der Waals surface area contributed by atoms with Gasteiger partial charge in [0, 0.05) is 19.6 Å². The van der Waals surface area contributed by atoms with Crippen LogP contribution in [-0.4, -0.2) is 51.0 Å². The molecule has 0 aromatic heterocycles. The zero-order chi connectivity index (χ0) is 19.7. The molecule has 0 bridgehead atoms. The average molecular weight is 398 g/mol. The van der Waals surface area contributed by atoms with Crippen molar-refractivity contribution >= 4 is 22.2 Å². The van der Waals surface area contributed by atoms with Crippen LogP contribution in [0.5, 0.6) is 0 Å². The van der Waals surface area contributed by atoms with Crippen LogP contribution < -0.4 is 15.2 Å². The van der Waals surface area contributed by atoms with Gasteiger partial charge in [0.15, 0.2) is 0 Å². The van der Waals surface area contributed by atoms with Crippen LogP contribution in [0.1, 0.15) is 31.2 Å². The Labute approximate surface area is 159 Å². The molecular formula is C17H26N4O5S. The van der Waals surface area contributed by atoms with Gasteiger partial charge in [-0.25, -0.2) is 9.52 Å². The van der Waals surface area contributed by atoms with E-state index in [-0.39, 0.29) is 19.1 Å². The molecule has 1 unspecified atom stereocenters. The number of carbonyl (C=O) groups is 2. The normalized spacial score (nSPS) is 15.4. The van der Waals surface area contributed by atoms with Crippen LogP contribution in [-0.2, 0) is 26.3 Å². The van der Waals surface area contributed by atoms with Crippen LogP contribution in [0, 0.1) is 0 Å². The number of nitrogens with one attached hydrogen (secondary N) is 2. The number of carbonyl (C=O) groups excluding carboxylic acids is 2. The number of nitrogens with two attached hydrogens (primary N) is 1. The lowest BCUT2D eigenvalue weighted by Gasteiger charge is -2.20. The number of amides is 2. The predicted octanol–water partition coefficient (Wildman–Crippen LogP) is 0.477. The van der Waals surface area contributed by atoms with E-state index in [1.165, 1.54) is 0 Å². The van der Waals surface area contributed by atoms with Gasteiger partial charge in [0.1, 0.15) is 6.61 Å². The first-order valence-corrected chi connectivity index (χ1v) is 10.4. The van der Waals surface area contributed by atoms with E-state index in [0.717, 1.165) is 31.5 Å². The van der Waals surface area contributed by atoms with Gasteiger partial charge in [-0.15, -0.1) is 0 Å². The van der Waals surface area contributed by atoms with Gasteiger partial charge in [0.25, 0.3) is 0 Å². The number of hydrogen-bond acceptors (Lipinski definition) is 6. The summed E-state index contributed by atoms with van der Waals surface area (Å²) in [6, 6.07) is 8.26. The van der Waals surface area contributed by atoms with Crippen molar-refractivity contribution < 1.29 is 22.7 Å². The number of benzene rings is 1. The van der Waals surface area contributed by atoms with Crippen molar-refractivity contribution in [3.8, 4) is 0 Å². The minimum absolute atomic E-state index is 0.0321. The molecule has 1 fully saturated rings. The highest BCUT2D eigenvalue weighted by atomic mass is 32.2. The molecule has 1 aromatic rings. The van der Waals surface area contributed by atoms with Gasteiger partial charge >= 0.3 is 16.3 Å². The topological polar surface area (TPSA) is 131 Å². The molecular weight excluding hydrogens is 372 g/mol. The molecule has 2 rings (SSSR count). The first kappa shape index (κ1) is 21.1. The zero-order valence-electron chi connectivity index (χ0n) is 15.1. The minimum Gasteiger partial charge on any atom is -0.444 e. The smallest absolute Gasteiger partial charge is 0.422 e. The van der Waals surface area contributed by atoms with Gasteiger partial charge in [-0.05, 0) is 31.2 Å². The van der Waals surface area contributed by atoms with Gasteiger partial charge < -0.3 is 15.4 Å². The van der Waals surface area contributed by atoms with Crippen molar-refractivity contribution in [2.75, 3.05) is 19.6 Å². The monoisotopic (exact) mass is 398 g/mol. The fourth-order valence-corrected chi connectivity index (χ4v) is 3.49. The van der Waals surface area contributed by atoms with Gasteiger partial charge in [0.05, 0.1) is 6.04 Å². The minimum atomic E-state index is -4.03. The van der Waals surface area contributed by atoms with E-state index in [1.54, 1.807) is 33.9 Å². The third kappa shape index (κ3) is 7.53. The second kappa shape index (κ2) is 10.2. The standard InChI is InChI=1S/C17H26N4O5S/c18-15(16(22)21-11-4-5-12-21)9-6-10-19-27(24,25)20-17(23)26-13-14-7-2-1-3-8-14/h1-3,7-8,15,19H,4-6,9-13,18H2,(H,20,23). The summed E-state index contributed by atoms with van der Waals surface area (Å²) in [5, 5.41) is 0. The van der Waals surface area contributed by atoms with Crippen molar-refractivity contribution in [1.82, 2.24) is 14.3 Å². The number of likely N-dealkylation sites (tertiary alicyclic amines) is 1. The molecule has 1 aromatic carbocycles. The molecule has 0 aliphatic carbocycles. The Hall–Kier alpha value is -2.17. The van der Waals surface area contributed by atoms with Crippen LogP contribution in [0.4, 0.5) is 4.79 Å². The van der Waals surface area contributed by atoms with Crippen LogP contribution in [0.15, 0.2) is 30.3 Å². The molecule has 4 N–H and O–H groups in total. The Morgan fingerprint density at radius 1 is 1.19 bits per heavy atom. The lowest BCUT2D eigenvalue weighted by atomic mass is 10.1. The molecule has 150 valence electrons. The maximum atomic E-state index is 12.1. The van der Waals surface area contributed by atoms with E-state index in [4.69, 9.17) is 10.5 Å². The van der Waals surface area contributed by atoms with E-state index in [9.17, 15) is 18.0 Å². The Morgan fingerprint density at radius 3 is 2.52 bits per heavy atom. The van der Waals surface area contributed by atoms with Crippen LogP contribution in [0.25, 0.3) is 0 Å². The van der Waals surface area contributed by atoms with Crippen molar-refractivity contribution in [3.05, 3.63) is 35.9 Å². The molecule has 1 heterocycles. The van der Waals surface area contributed by atoms with Gasteiger partial charge in [0.2, 0.25) is 5.91 Å². The van der Waals surface area contributed by atoms with Crippen molar-refractivity contribution in [3.63, 3.8) is 0 Å². The quantitative estimate of drug-likeness (QED) is 0.519. The third-order valence-corrected chi connectivity index (χ3v) is 5.17. The average Bonchev–Trinajstić information content (AvgIpc) is 3.18. The SMILES string of the molecule is NC(CCCNS(=O)(=O)NC(=O)OCc1ccccc1)C(=O)N1CCCC1. The maximum absolute atomic E-state index is 12.1. The Kier molecular flexibility index (Phi) is 8.01. The summed E-state index contributed by atoms with van der Waals surface area (Å²) in [7, 11) is -4.03. The first-order valence-electron chi connectivity index (χ1n) is 8.90. The molecule has 0 radical (unpaired) electrons. The number of nitrogens with zero attached hydrogens (tertiary/aromatic N) is 1. The summed E-state index contributed by atoms with van der Waals surface area (Å²) in [6.07, 6.45) is 1.65. The zero-order valence-corrected chi connectivity index (χ0v) is 15.9. The Bertz CT molecular complexity index is 720. The number of hydrogen-bond donors (Lipinski definition) is 3. The second-order valence-corrected chi connectivity index (χ2v) is 7.84. The van der Waals surface area contributed by atoms with E-state index in [1.807, 2.05) is 6.07 Å². The fourth-order valence-electron chi connectivity index (χ4n) is 2.72. The summed E-state index contributed by atoms with van der Waals surface area (Å²) in [5.41, 5.74) is 6.61. The van der Waals surface area contributed by atoms with E-state index in [0.29, 0.717) is 12.8 Å². The van der Waals surface area contributed by atoms with Crippen molar-refractivity contribution in [1.29, 1.82) is 0 Å². The molecule has 0 spiro atoms. The molecule has 2 amide bonds. The highest BCUT2D eigenvalue weighted by Gasteiger charge is 2.23. The maximum Gasteiger partial charge on any atom is 0.422 e. The number of ether oxygens (including phenoxy) is 1. The first-order chi connectivity index (χ1) is 12.9. The molecule has 27 heavy (non-hydrogen) atoms. The van der Waals surface area contributed by atoms with E-state index < -0.39 is 22.3 Å². The third-order valence-electron chi connectivity index (χ3n) is 4.15. The highest BCUT2D eigenvalue weighted by Crippen LogP contribution is 2.10. The summed E-state index contributed by atoms with van der Waals surface area (Å²) in [4.78, 5) is 25.4. The van der Waals surface area contributed by atoms with Crippen molar-refractivity contribution in [2.45, 2.75) is 38.3 Å². The van der Waals surface area contributed by atoms with Crippen LogP contribution >= 0.6 is 0 Å². The van der Waals surface area contributed by atoms with Gasteiger partial charge in [-0.2, -0.15) is 13.1 Å². The lowest BCUT2D eigenvalue weighted by Crippen LogP contribution is -2.43. The van der Waals surface area contributed by atoms with Gasteiger partial charge in [-0.3, -0.25) is 4.79 Å². The van der Waals surface area contributed by atoms with Crippen LogP contribution in [0.2, 0.25) is 0 Å². The molecule has 0 saturated carbocycles. The second-order valence-electron chi connectivity index (χ2n) is 6.34. The van der Waals surface area contributed by atoms with Crippen LogP contribution in [0.3, 0.4) is 0 Å². The lowest BCUT2D eigenvalue weighted by molar-refractivity contribution is -0.131. The predicted molar refractivity (Wildman–Crippen MR) is 99.7 cm³/mol. The highest BCUT2D eigenvalue weighted by molar-refractivity contribution is 7.88. The summed E-state index contributed by atoms with van der Waals surface area (Å²) in [6.45, 7) is 1.49. The van der Waals surface area contributed by atoms with Crippen molar-refractivity contribution in [2.24, 2.45) is 5.73 Å². The Balaban J connectivity index is 1.63. The molecule has 9 nitrogen and oxygen atoms in total. The van der Waals surface area contributed by atoms with Gasteiger partial charge in [-0.1, -0.05) is 30.3 Å².